The number of hydrogen-bond donors (Lipinski definition) is 2. The summed E-state index contributed by atoms with van der Waals surface area (Å²) in [6.45, 7) is 5.09. The number of carbonyl (C=O) groups is 1. The van der Waals surface area contributed by atoms with Crippen molar-refractivity contribution in [3.8, 4) is 0 Å². The number of carbonyl (C=O) groups excluding carboxylic acids is 1. The first kappa shape index (κ1) is 13.5. The minimum absolute atomic E-state index is 0.0624. The Labute approximate surface area is 97.9 Å². The zero-order valence-corrected chi connectivity index (χ0v) is 10.6. The summed E-state index contributed by atoms with van der Waals surface area (Å²) in [5.74, 6) is 0.365. The molecule has 4 nitrogen and oxygen atoms in total. The van der Waals surface area contributed by atoms with Crippen molar-refractivity contribution in [2.45, 2.75) is 51.2 Å². The van der Waals surface area contributed by atoms with Gasteiger partial charge in [-0.2, -0.15) is 0 Å². The second-order valence-corrected chi connectivity index (χ2v) is 5.30. The van der Waals surface area contributed by atoms with Gasteiger partial charge in [-0.05, 0) is 52.0 Å². The van der Waals surface area contributed by atoms with Crippen LogP contribution in [-0.2, 0) is 9.53 Å². The summed E-state index contributed by atoms with van der Waals surface area (Å²) in [4.78, 5) is 11.1. The fourth-order valence-electron chi connectivity index (χ4n) is 2.13. The van der Waals surface area contributed by atoms with E-state index in [2.05, 4.69) is 19.2 Å². The number of hydrogen-bond acceptors (Lipinski definition) is 3. The fourth-order valence-corrected chi connectivity index (χ4v) is 2.13. The van der Waals surface area contributed by atoms with Gasteiger partial charge in [0.2, 0.25) is 5.91 Å². The highest BCUT2D eigenvalue weighted by molar-refractivity contribution is 5.79. The minimum Gasteiger partial charge on any atom is -0.379 e. The zero-order chi connectivity index (χ0) is 12.2. The minimum atomic E-state index is -0.226. The third kappa shape index (κ3) is 4.10. The summed E-state index contributed by atoms with van der Waals surface area (Å²) < 4.78 is 5.40. The Kier molecular flexibility index (Phi) is 4.74. The predicted octanol–water partition coefficient (Wildman–Crippen LogP) is 1.05. The van der Waals surface area contributed by atoms with Crippen LogP contribution in [0.1, 0.15) is 39.5 Å². The van der Waals surface area contributed by atoms with Crippen LogP contribution in [-0.4, -0.2) is 31.2 Å². The molecular formula is C12H24N2O2. The molecule has 0 aliphatic carbocycles. The second-order valence-electron chi connectivity index (χ2n) is 5.30. The molecule has 0 radical (unpaired) electrons. The highest BCUT2D eigenvalue weighted by Crippen LogP contribution is 2.26. The summed E-state index contributed by atoms with van der Waals surface area (Å²) in [5.41, 5.74) is 5.25. The van der Waals surface area contributed by atoms with E-state index in [1.807, 2.05) is 0 Å². The second kappa shape index (κ2) is 5.64. The molecule has 1 aliphatic heterocycles. The van der Waals surface area contributed by atoms with Crippen LogP contribution in [0.4, 0.5) is 0 Å². The number of ether oxygens (including phenoxy) is 1. The molecule has 94 valence electrons. The van der Waals surface area contributed by atoms with Gasteiger partial charge >= 0.3 is 0 Å². The number of amides is 1. The lowest BCUT2D eigenvalue weighted by molar-refractivity contribution is -0.120. The van der Waals surface area contributed by atoms with Gasteiger partial charge in [-0.25, -0.2) is 0 Å². The first-order valence-electron chi connectivity index (χ1n) is 6.02. The molecule has 0 aromatic rings. The van der Waals surface area contributed by atoms with Crippen LogP contribution in [0.25, 0.3) is 0 Å². The predicted molar refractivity (Wildman–Crippen MR) is 64.0 cm³/mol. The number of nitrogens with two attached hydrogens (primary N) is 1. The van der Waals surface area contributed by atoms with Crippen molar-refractivity contribution in [1.82, 2.24) is 5.32 Å². The van der Waals surface area contributed by atoms with Crippen molar-refractivity contribution < 1.29 is 9.53 Å². The average molecular weight is 228 g/mol. The lowest BCUT2D eigenvalue weighted by Crippen LogP contribution is -2.46. The molecule has 1 aliphatic rings. The summed E-state index contributed by atoms with van der Waals surface area (Å²) in [6, 6.07) is -0.135. The van der Waals surface area contributed by atoms with Crippen LogP contribution in [0, 0.1) is 5.92 Å². The quantitative estimate of drug-likeness (QED) is 0.739. The molecule has 0 bridgehead atoms. The van der Waals surface area contributed by atoms with Crippen LogP contribution >= 0.6 is 0 Å². The molecule has 0 saturated carbocycles. The van der Waals surface area contributed by atoms with Crippen molar-refractivity contribution in [2.75, 3.05) is 13.7 Å². The Morgan fingerprint density at radius 2 is 2.25 bits per heavy atom. The van der Waals surface area contributed by atoms with Crippen molar-refractivity contribution in [3.63, 3.8) is 0 Å². The Bertz CT molecular complexity index is 241. The Morgan fingerprint density at radius 1 is 1.56 bits per heavy atom. The lowest BCUT2D eigenvalue weighted by Gasteiger charge is -2.31. The Balaban J connectivity index is 2.35. The zero-order valence-electron chi connectivity index (χ0n) is 10.6. The molecule has 1 saturated heterocycles. The van der Waals surface area contributed by atoms with Crippen LogP contribution in [0.3, 0.4) is 0 Å². The van der Waals surface area contributed by atoms with E-state index < -0.39 is 0 Å². The first-order chi connectivity index (χ1) is 7.44. The van der Waals surface area contributed by atoms with Crippen LogP contribution in [0.5, 0.6) is 0 Å². The molecule has 2 atom stereocenters. The Hall–Kier alpha value is -0.610. The number of primary amides is 1. The van der Waals surface area contributed by atoms with Gasteiger partial charge in [0.05, 0.1) is 11.6 Å². The van der Waals surface area contributed by atoms with Crippen molar-refractivity contribution in [2.24, 2.45) is 11.7 Å². The summed E-state index contributed by atoms with van der Waals surface area (Å²) in [7, 11) is 1.74. The van der Waals surface area contributed by atoms with E-state index in [1.54, 1.807) is 7.11 Å². The van der Waals surface area contributed by atoms with Crippen LogP contribution in [0.2, 0.25) is 0 Å². The fraction of sp³-hybridized carbons (Fsp3) is 0.917. The van der Waals surface area contributed by atoms with E-state index in [-0.39, 0.29) is 17.6 Å². The van der Waals surface area contributed by atoms with Crippen LogP contribution < -0.4 is 11.1 Å². The SMILES string of the molecule is COC(C)(C)CCC1CCNC(C(N)=O)C1. The number of methoxy groups -OCH3 is 1. The van der Waals surface area contributed by atoms with Crippen LogP contribution in [0.15, 0.2) is 0 Å². The molecule has 0 spiro atoms. The van der Waals surface area contributed by atoms with Gasteiger partial charge in [0, 0.05) is 7.11 Å². The molecule has 1 fully saturated rings. The van der Waals surface area contributed by atoms with Crippen molar-refractivity contribution in [1.29, 1.82) is 0 Å². The third-order valence-electron chi connectivity index (χ3n) is 3.56. The van der Waals surface area contributed by atoms with E-state index >= 15 is 0 Å². The molecule has 1 heterocycles. The summed E-state index contributed by atoms with van der Waals surface area (Å²) in [6.07, 6.45) is 4.13. The smallest absolute Gasteiger partial charge is 0.234 e. The normalized spacial score (nSPS) is 26.7. The topological polar surface area (TPSA) is 64.3 Å². The Morgan fingerprint density at radius 3 is 2.81 bits per heavy atom. The monoisotopic (exact) mass is 228 g/mol. The lowest BCUT2D eigenvalue weighted by atomic mass is 9.85. The first-order valence-corrected chi connectivity index (χ1v) is 6.02. The highest BCUT2D eigenvalue weighted by atomic mass is 16.5. The van der Waals surface area contributed by atoms with E-state index in [0.717, 1.165) is 32.2 Å². The van der Waals surface area contributed by atoms with E-state index in [1.165, 1.54) is 0 Å². The van der Waals surface area contributed by atoms with E-state index in [4.69, 9.17) is 10.5 Å². The maximum atomic E-state index is 11.1. The standard InChI is InChI=1S/C12H24N2O2/c1-12(2,16-3)6-4-9-5-7-14-10(8-9)11(13)15/h9-10,14H,4-8H2,1-3H3,(H2,13,15). The number of piperidine rings is 1. The molecule has 0 aromatic carbocycles. The number of rotatable bonds is 5. The molecular weight excluding hydrogens is 204 g/mol. The maximum Gasteiger partial charge on any atom is 0.234 e. The van der Waals surface area contributed by atoms with Gasteiger partial charge in [0.1, 0.15) is 0 Å². The third-order valence-corrected chi connectivity index (χ3v) is 3.56. The largest absolute Gasteiger partial charge is 0.379 e. The molecule has 1 amide bonds. The highest BCUT2D eigenvalue weighted by Gasteiger charge is 2.26. The van der Waals surface area contributed by atoms with Gasteiger partial charge in [0.15, 0.2) is 0 Å². The van der Waals surface area contributed by atoms with Gasteiger partial charge < -0.3 is 15.8 Å². The summed E-state index contributed by atoms with van der Waals surface area (Å²) >= 11 is 0. The average Bonchev–Trinajstić information content (AvgIpc) is 2.27. The molecule has 2 unspecified atom stereocenters. The number of nitrogens with one attached hydrogen (secondary N) is 1. The van der Waals surface area contributed by atoms with Crippen molar-refractivity contribution >= 4 is 5.91 Å². The van der Waals surface area contributed by atoms with Gasteiger partial charge in [-0.1, -0.05) is 0 Å². The molecule has 1 rings (SSSR count). The van der Waals surface area contributed by atoms with E-state index in [9.17, 15) is 4.79 Å². The molecule has 0 aromatic heterocycles. The molecule has 16 heavy (non-hydrogen) atoms. The van der Waals surface area contributed by atoms with E-state index in [0.29, 0.717) is 5.92 Å². The molecule has 3 N–H and O–H groups in total. The molecule has 4 heteroatoms. The van der Waals surface area contributed by atoms with Gasteiger partial charge in [-0.15, -0.1) is 0 Å². The summed E-state index contributed by atoms with van der Waals surface area (Å²) in [5, 5.41) is 3.15. The maximum absolute atomic E-state index is 11.1. The van der Waals surface area contributed by atoms with Crippen molar-refractivity contribution in [3.05, 3.63) is 0 Å². The van der Waals surface area contributed by atoms with Gasteiger partial charge in [0.25, 0.3) is 0 Å². The van der Waals surface area contributed by atoms with Gasteiger partial charge in [-0.3, -0.25) is 4.79 Å².